The minimum absolute atomic E-state index is 0.534. The number of para-hydroxylation sites is 1. The largest absolute Gasteiger partial charge is 0.350 e. The van der Waals surface area contributed by atoms with E-state index in [0.29, 0.717) is 15.9 Å². The molecule has 2 heterocycles. The van der Waals surface area contributed by atoms with E-state index < -0.39 is 0 Å². The monoisotopic (exact) mass is 355 g/mol. The molecule has 2 aromatic carbocycles. The lowest BCUT2D eigenvalue weighted by Gasteiger charge is -2.01. The molecule has 0 saturated heterocycles. The normalized spacial score (nSPS) is 11.6. The number of nitrogens with one attached hydrogen (secondary N) is 2. The molecule has 7 heteroatoms. The second kappa shape index (κ2) is 6.11. The van der Waals surface area contributed by atoms with E-state index in [1.54, 1.807) is 24.4 Å². The van der Waals surface area contributed by atoms with E-state index in [1.165, 1.54) is 6.33 Å². The molecule has 5 nitrogen and oxygen atoms in total. The first-order chi connectivity index (χ1) is 11.7. The van der Waals surface area contributed by atoms with Crippen molar-refractivity contribution in [3.63, 3.8) is 0 Å². The standard InChI is InChI=1S/C17H11Cl2N5/c18-11-6-5-10(13(19)7-11)8-22-24-17-16-15(20-9-21-17)12-3-1-2-4-14(12)23-16/h1-9,23H,(H,20,21,24)/b22-8+. The molecule has 0 saturated carbocycles. The number of benzene rings is 2. The number of hydrogen-bond donors (Lipinski definition) is 2. The molecule has 118 valence electrons. The number of fused-ring (bicyclic) bond motifs is 3. The van der Waals surface area contributed by atoms with Gasteiger partial charge >= 0.3 is 0 Å². The highest BCUT2D eigenvalue weighted by Crippen LogP contribution is 2.27. The van der Waals surface area contributed by atoms with Gasteiger partial charge in [-0.1, -0.05) is 47.5 Å². The van der Waals surface area contributed by atoms with Crippen LogP contribution < -0.4 is 5.43 Å². The zero-order valence-electron chi connectivity index (χ0n) is 12.3. The van der Waals surface area contributed by atoms with Gasteiger partial charge in [0, 0.05) is 21.5 Å². The fourth-order valence-corrected chi connectivity index (χ4v) is 2.95. The van der Waals surface area contributed by atoms with E-state index in [-0.39, 0.29) is 0 Å². The predicted octanol–water partition coefficient (Wildman–Crippen LogP) is 4.86. The van der Waals surface area contributed by atoms with Gasteiger partial charge in [-0.05, 0) is 18.2 Å². The van der Waals surface area contributed by atoms with Crippen LogP contribution in [-0.2, 0) is 0 Å². The number of hydrazone groups is 1. The van der Waals surface area contributed by atoms with Gasteiger partial charge in [0.1, 0.15) is 17.4 Å². The molecule has 0 atom stereocenters. The van der Waals surface area contributed by atoms with Crippen LogP contribution in [0.1, 0.15) is 5.56 Å². The van der Waals surface area contributed by atoms with E-state index in [4.69, 9.17) is 23.2 Å². The number of nitrogens with zero attached hydrogens (tertiary/aromatic N) is 3. The van der Waals surface area contributed by atoms with Crippen LogP contribution in [0.3, 0.4) is 0 Å². The van der Waals surface area contributed by atoms with Crippen molar-refractivity contribution in [2.24, 2.45) is 5.10 Å². The second-order valence-electron chi connectivity index (χ2n) is 5.15. The maximum absolute atomic E-state index is 6.12. The molecule has 4 aromatic rings. The Balaban J connectivity index is 1.68. The third kappa shape index (κ3) is 2.68. The van der Waals surface area contributed by atoms with Gasteiger partial charge in [-0.3, -0.25) is 5.43 Å². The van der Waals surface area contributed by atoms with Gasteiger partial charge in [0.25, 0.3) is 0 Å². The first-order valence-electron chi connectivity index (χ1n) is 7.18. The average molecular weight is 356 g/mol. The lowest BCUT2D eigenvalue weighted by Crippen LogP contribution is -1.95. The SMILES string of the molecule is Clc1ccc(/C=N/Nc2ncnc3c2[nH]c2ccccc23)c(Cl)c1. The average Bonchev–Trinajstić information content (AvgIpc) is 2.96. The summed E-state index contributed by atoms with van der Waals surface area (Å²) in [5.41, 5.74) is 6.35. The Bertz CT molecular complexity index is 1070. The topological polar surface area (TPSA) is 66.0 Å². The Morgan fingerprint density at radius 1 is 1.08 bits per heavy atom. The van der Waals surface area contributed by atoms with Crippen molar-refractivity contribution in [2.45, 2.75) is 0 Å². The summed E-state index contributed by atoms with van der Waals surface area (Å²) in [6, 6.07) is 13.2. The minimum atomic E-state index is 0.534. The molecule has 0 aliphatic carbocycles. The number of rotatable bonds is 3. The second-order valence-corrected chi connectivity index (χ2v) is 6.00. The lowest BCUT2D eigenvalue weighted by molar-refractivity contribution is 1.18. The Morgan fingerprint density at radius 2 is 1.96 bits per heavy atom. The molecule has 0 spiro atoms. The van der Waals surface area contributed by atoms with Crippen molar-refractivity contribution in [1.82, 2.24) is 15.0 Å². The number of aromatic amines is 1. The molecule has 0 fully saturated rings. The predicted molar refractivity (Wildman–Crippen MR) is 99.1 cm³/mol. The van der Waals surface area contributed by atoms with E-state index in [1.807, 2.05) is 24.3 Å². The molecule has 0 aliphatic rings. The first-order valence-corrected chi connectivity index (χ1v) is 7.93. The third-order valence-corrected chi connectivity index (χ3v) is 4.19. The number of hydrogen-bond acceptors (Lipinski definition) is 4. The number of anilines is 1. The van der Waals surface area contributed by atoms with Crippen LogP contribution in [-0.4, -0.2) is 21.2 Å². The molecule has 0 unspecified atom stereocenters. The van der Waals surface area contributed by atoms with Crippen molar-refractivity contribution in [1.29, 1.82) is 0 Å². The Morgan fingerprint density at radius 3 is 2.83 bits per heavy atom. The van der Waals surface area contributed by atoms with E-state index >= 15 is 0 Å². The minimum Gasteiger partial charge on any atom is -0.350 e. The number of aromatic nitrogens is 3. The number of H-pyrrole nitrogens is 1. The van der Waals surface area contributed by atoms with Crippen molar-refractivity contribution in [3.8, 4) is 0 Å². The molecule has 4 rings (SSSR count). The van der Waals surface area contributed by atoms with Crippen LogP contribution in [0.25, 0.3) is 21.9 Å². The summed E-state index contributed by atoms with van der Waals surface area (Å²) in [6.07, 6.45) is 3.13. The van der Waals surface area contributed by atoms with E-state index in [0.717, 1.165) is 27.5 Å². The van der Waals surface area contributed by atoms with Gasteiger partial charge < -0.3 is 4.98 Å². The van der Waals surface area contributed by atoms with Crippen molar-refractivity contribution < 1.29 is 0 Å². The third-order valence-electron chi connectivity index (χ3n) is 3.63. The molecule has 0 amide bonds. The molecule has 0 radical (unpaired) electrons. The van der Waals surface area contributed by atoms with Crippen molar-refractivity contribution >= 4 is 57.2 Å². The van der Waals surface area contributed by atoms with Gasteiger partial charge in [0.05, 0.1) is 11.2 Å². The zero-order valence-corrected chi connectivity index (χ0v) is 13.8. The zero-order chi connectivity index (χ0) is 16.5. The maximum atomic E-state index is 6.12. The van der Waals surface area contributed by atoms with Crippen LogP contribution in [0.15, 0.2) is 53.9 Å². The summed E-state index contributed by atoms with van der Waals surface area (Å²) < 4.78 is 0. The fourth-order valence-electron chi connectivity index (χ4n) is 2.50. The molecular formula is C17H11Cl2N5. The summed E-state index contributed by atoms with van der Waals surface area (Å²) >= 11 is 12.0. The summed E-state index contributed by atoms with van der Waals surface area (Å²) in [7, 11) is 0. The molecule has 2 aromatic heterocycles. The van der Waals surface area contributed by atoms with Crippen molar-refractivity contribution in [2.75, 3.05) is 5.43 Å². The fraction of sp³-hybridized carbons (Fsp3) is 0. The van der Waals surface area contributed by atoms with Crippen LogP contribution in [0.5, 0.6) is 0 Å². The molecule has 0 aliphatic heterocycles. The molecule has 24 heavy (non-hydrogen) atoms. The van der Waals surface area contributed by atoms with Crippen LogP contribution in [0.4, 0.5) is 5.82 Å². The van der Waals surface area contributed by atoms with E-state index in [2.05, 4.69) is 25.5 Å². The highest BCUT2D eigenvalue weighted by molar-refractivity contribution is 6.36. The summed E-state index contributed by atoms with van der Waals surface area (Å²) in [6.45, 7) is 0. The van der Waals surface area contributed by atoms with Gasteiger partial charge in [0.15, 0.2) is 5.82 Å². The van der Waals surface area contributed by atoms with Crippen LogP contribution in [0, 0.1) is 0 Å². The highest BCUT2D eigenvalue weighted by Gasteiger charge is 2.09. The van der Waals surface area contributed by atoms with Gasteiger partial charge in [-0.15, -0.1) is 0 Å². The molecular weight excluding hydrogens is 345 g/mol. The summed E-state index contributed by atoms with van der Waals surface area (Å²) in [5, 5.41) is 6.37. The van der Waals surface area contributed by atoms with E-state index in [9.17, 15) is 0 Å². The van der Waals surface area contributed by atoms with Gasteiger partial charge in [-0.2, -0.15) is 5.10 Å². The summed E-state index contributed by atoms with van der Waals surface area (Å²) in [5.74, 6) is 0.595. The Kier molecular flexibility index (Phi) is 3.80. The highest BCUT2D eigenvalue weighted by atomic mass is 35.5. The Hall–Kier alpha value is -2.63. The van der Waals surface area contributed by atoms with Crippen molar-refractivity contribution in [3.05, 3.63) is 64.4 Å². The van der Waals surface area contributed by atoms with Crippen LogP contribution in [0.2, 0.25) is 10.0 Å². The molecule has 2 N–H and O–H groups in total. The first kappa shape index (κ1) is 14.9. The number of halogens is 2. The lowest BCUT2D eigenvalue weighted by atomic mass is 10.2. The van der Waals surface area contributed by atoms with Gasteiger partial charge in [0.2, 0.25) is 0 Å². The smallest absolute Gasteiger partial charge is 0.174 e. The van der Waals surface area contributed by atoms with Crippen LogP contribution >= 0.6 is 23.2 Å². The quantitative estimate of drug-likeness (QED) is 0.407. The summed E-state index contributed by atoms with van der Waals surface area (Å²) in [4.78, 5) is 11.9. The maximum Gasteiger partial charge on any atom is 0.174 e. The molecule has 0 bridgehead atoms. The Labute approximate surface area is 147 Å². The van der Waals surface area contributed by atoms with Gasteiger partial charge in [-0.25, -0.2) is 9.97 Å².